The van der Waals surface area contributed by atoms with Crippen LogP contribution in [-0.2, 0) is 6.54 Å². The van der Waals surface area contributed by atoms with Crippen LogP contribution in [-0.4, -0.2) is 41.3 Å². The van der Waals surface area contributed by atoms with E-state index in [1.165, 1.54) is 43.2 Å². The molecule has 2 aromatic rings. The molecule has 0 bridgehead atoms. The number of benzene rings is 1. The monoisotopic (exact) mass is 410 g/mol. The quantitative estimate of drug-likeness (QED) is 0.726. The standard InChI is InChI=1S/C22H30N6S/c1-17-7-9-18(10-8-17)16-23-22(29)26-21-24-19(27-11-3-2-4-12-27)15-20(25-21)28-13-5-6-14-28/h7-10,15H,2-6,11-14,16H2,1H3,(H2,23,24,25,26,29). The summed E-state index contributed by atoms with van der Waals surface area (Å²) < 4.78 is 0. The van der Waals surface area contributed by atoms with Crippen LogP contribution >= 0.6 is 12.2 Å². The zero-order valence-electron chi connectivity index (χ0n) is 17.2. The Morgan fingerprint density at radius 2 is 1.45 bits per heavy atom. The van der Waals surface area contributed by atoms with Crippen molar-refractivity contribution < 1.29 is 0 Å². The van der Waals surface area contributed by atoms with Crippen LogP contribution in [0.4, 0.5) is 17.6 Å². The van der Waals surface area contributed by atoms with Crippen molar-refractivity contribution in [3.63, 3.8) is 0 Å². The summed E-state index contributed by atoms with van der Waals surface area (Å²) in [5.41, 5.74) is 2.45. The number of rotatable bonds is 5. The summed E-state index contributed by atoms with van der Waals surface area (Å²) in [5.74, 6) is 2.59. The molecule has 4 rings (SSSR count). The van der Waals surface area contributed by atoms with Gasteiger partial charge in [-0.15, -0.1) is 0 Å². The highest BCUT2D eigenvalue weighted by Crippen LogP contribution is 2.26. The van der Waals surface area contributed by atoms with E-state index < -0.39 is 0 Å². The van der Waals surface area contributed by atoms with E-state index in [-0.39, 0.29) is 0 Å². The number of aryl methyl sites for hydroxylation is 1. The molecule has 0 radical (unpaired) electrons. The number of hydrogen-bond donors (Lipinski definition) is 2. The maximum absolute atomic E-state index is 5.51. The van der Waals surface area contributed by atoms with Gasteiger partial charge in [0.15, 0.2) is 5.11 Å². The third-order valence-corrected chi connectivity index (χ3v) is 5.85. The zero-order valence-corrected chi connectivity index (χ0v) is 18.0. The van der Waals surface area contributed by atoms with Crippen molar-refractivity contribution in [1.82, 2.24) is 15.3 Å². The van der Waals surface area contributed by atoms with Gasteiger partial charge in [0.2, 0.25) is 5.95 Å². The highest BCUT2D eigenvalue weighted by molar-refractivity contribution is 7.80. The molecule has 0 spiro atoms. The van der Waals surface area contributed by atoms with Gasteiger partial charge < -0.3 is 20.4 Å². The van der Waals surface area contributed by atoms with Crippen molar-refractivity contribution in [3.8, 4) is 0 Å². The number of piperidine rings is 1. The lowest BCUT2D eigenvalue weighted by atomic mass is 10.1. The third-order valence-electron chi connectivity index (χ3n) is 5.61. The van der Waals surface area contributed by atoms with Crippen LogP contribution in [0.25, 0.3) is 0 Å². The second kappa shape index (κ2) is 9.39. The Balaban J connectivity index is 1.46. The van der Waals surface area contributed by atoms with E-state index in [4.69, 9.17) is 22.2 Å². The van der Waals surface area contributed by atoms with Gasteiger partial charge in [-0.25, -0.2) is 0 Å². The molecule has 154 valence electrons. The molecule has 2 aliphatic heterocycles. The van der Waals surface area contributed by atoms with Gasteiger partial charge in [-0.1, -0.05) is 29.8 Å². The van der Waals surface area contributed by atoms with Crippen molar-refractivity contribution >= 4 is 34.9 Å². The van der Waals surface area contributed by atoms with Crippen LogP contribution in [0.15, 0.2) is 30.3 Å². The minimum absolute atomic E-state index is 0.550. The molecule has 2 fully saturated rings. The van der Waals surface area contributed by atoms with E-state index in [2.05, 4.69) is 57.7 Å². The molecular weight excluding hydrogens is 380 g/mol. The number of aromatic nitrogens is 2. The minimum atomic E-state index is 0.550. The average molecular weight is 411 g/mol. The first-order valence-corrected chi connectivity index (χ1v) is 11.1. The van der Waals surface area contributed by atoms with E-state index in [9.17, 15) is 0 Å². The number of anilines is 3. The fraction of sp³-hybridized carbons (Fsp3) is 0.500. The minimum Gasteiger partial charge on any atom is -0.358 e. The van der Waals surface area contributed by atoms with Gasteiger partial charge in [-0.2, -0.15) is 9.97 Å². The summed E-state index contributed by atoms with van der Waals surface area (Å²) >= 11 is 5.51. The number of hydrogen-bond acceptors (Lipinski definition) is 5. The second-order valence-electron chi connectivity index (χ2n) is 7.94. The lowest BCUT2D eigenvalue weighted by Crippen LogP contribution is -2.32. The van der Waals surface area contributed by atoms with E-state index in [1.807, 2.05) is 0 Å². The van der Waals surface area contributed by atoms with Crippen LogP contribution in [0.3, 0.4) is 0 Å². The fourth-order valence-corrected chi connectivity index (χ4v) is 4.07. The molecule has 2 saturated heterocycles. The van der Waals surface area contributed by atoms with Gasteiger partial charge in [0, 0.05) is 38.8 Å². The molecule has 0 amide bonds. The lowest BCUT2D eigenvalue weighted by Gasteiger charge is -2.29. The van der Waals surface area contributed by atoms with E-state index in [0.717, 1.165) is 37.8 Å². The van der Waals surface area contributed by atoms with Crippen LogP contribution in [0, 0.1) is 6.92 Å². The van der Waals surface area contributed by atoms with E-state index >= 15 is 0 Å². The smallest absolute Gasteiger partial charge is 0.232 e. The van der Waals surface area contributed by atoms with Gasteiger partial charge in [0.1, 0.15) is 11.6 Å². The van der Waals surface area contributed by atoms with Crippen molar-refractivity contribution in [2.24, 2.45) is 0 Å². The second-order valence-corrected chi connectivity index (χ2v) is 8.35. The average Bonchev–Trinajstić information content (AvgIpc) is 3.29. The fourth-order valence-electron chi connectivity index (χ4n) is 3.91. The van der Waals surface area contributed by atoms with E-state index in [1.54, 1.807) is 0 Å². The molecule has 2 N–H and O–H groups in total. The first-order valence-electron chi connectivity index (χ1n) is 10.7. The van der Waals surface area contributed by atoms with Gasteiger partial charge in [-0.05, 0) is 56.8 Å². The van der Waals surface area contributed by atoms with Crippen LogP contribution in [0.1, 0.15) is 43.2 Å². The van der Waals surface area contributed by atoms with Gasteiger partial charge in [0.25, 0.3) is 0 Å². The van der Waals surface area contributed by atoms with Gasteiger partial charge in [-0.3, -0.25) is 0 Å². The van der Waals surface area contributed by atoms with Gasteiger partial charge in [0.05, 0.1) is 0 Å². The van der Waals surface area contributed by atoms with Crippen molar-refractivity contribution in [3.05, 3.63) is 41.5 Å². The molecule has 29 heavy (non-hydrogen) atoms. The normalized spacial score (nSPS) is 16.7. The Morgan fingerprint density at radius 3 is 2.03 bits per heavy atom. The Bertz CT molecular complexity index is 826. The van der Waals surface area contributed by atoms with Crippen LogP contribution in [0.5, 0.6) is 0 Å². The predicted molar refractivity (Wildman–Crippen MR) is 124 cm³/mol. The Hall–Kier alpha value is -2.41. The molecule has 0 atom stereocenters. The first-order chi connectivity index (χ1) is 14.2. The molecule has 3 heterocycles. The van der Waals surface area contributed by atoms with Crippen molar-refractivity contribution in [2.75, 3.05) is 41.3 Å². The first kappa shape index (κ1) is 19.9. The molecule has 1 aromatic carbocycles. The largest absolute Gasteiger partial charge is 0.358 e. The molecule has 7 heteroatoms. The van der Waals surface area contributed by atoms with Crippen LogP contribution < -0.4 is 20.4 Å². The van der Waals surface area contributed by atoms with Gasteiger partial charge >= 0.3 is 0 Å². The molecular formula is C22H30N6S. The zero-order chi connectivity index (χ0) is 20.1. The summed E-state index contributed by atoms with van der Waals surface area (Å²) in [6.45, 7) is 7.01. The summed E-state index contributed by atoms with van der Waals surface area (Å²) in [5, 5.41) is 7.03. The maximum Gasteiger partial charge on any atom is 0.232 e. The molecule has 6 nitrogen and oxygen atoms in total. The molecule has 1 aromatic heterocycles. The molecule has 0 unspecified atom stereocenters. The molecule has 2 aliphatic rings. The number of nitrogens with one attached hydrogen (secondary N) is 2. The highest BCUT2D eigenvalue weighted by atomic mass is 32.1. The highest BCUT2D eigenvalue weighted by Gasteiger charge is 2.19. The summed E-state index contributed by atoms with van der Waals surface area (Å²) in [7, 11) is 0. The third kappa shape index (κ3) is 5.35. The number of thiocarbonyl (C=S) groups is 1. The summed E-state index contributed by atoms with van der Waals surface area (Å²) in [4.78, 5) is 14.3. The Labute approximate surface area is 178 Å². The van der Waals surface area contributed by atoms with Crippen LogP contribution in [0.2, 0.25) is 0 Å². The summed E-state index contributed by atoms with van der Waals surface area (Å²) in [6, 6.07) is 10.6. The SMILES string of the molecule is Cc1ccc(CNC(=S)Nc2nc(N3CCCCC3)cc(N3CCCC3)n2)cc1. The predicted octanol–water partition coefficient (Wildman–Crippen LogP) is 3.86. The Kier molecular flexibility index (Phi) is 6.44. The molecule has 0 saturated carbocycles. The van der Waals surface area contributed by atoms with Crippen molar-refractivity contribution in [1.29, 1.82) is 0 Å². The topological polar surface area (TPSA) is 56.3 Å². The molecule has 0 aliphatic carbocycles. The Morgan fingerprint density at radius 1 is 0.897 bits per heavy atom. The lowest BCUT2D eigenvalue weighted by molar-refractivity contribution is 0.573. The van der Waals surface area contributed by atoms with Crippen molar-refractivity contribution in [2.45, 2.75) is 45.6 Å². The summed E-state index contributed by atoms with van der Waals surface area (Å²) in [6.07, 6.45) is 6.20. The number of nitrogens with zero attached hydrogens (tertiary/aromatic N) is 4. The van der Waals surface area contributed by atoms with E-state index in [0.29, 0.717) is 17.6 Å². The maximum atomic E-state index is 5.51.